The van der Waals surface area contributed by atoms with Crippen molar-refractivity contribution < 1.29 is 4.79 Å². The fourth-order valence-electron chi connectivity index (χ4n) is 2.87. The average molecular weight is 454 g/mol. The summed E-state index contributed by atoms with van der Waals surface area (Å²) >= 11 is 4.79. The second-order valence-corrected chi connectivity index (χ2v) is 8.37. The van der Waals surface area contributed by atoms with Crippen LogP contribution in [-0.4, -0.2) is 15.5 Å². The maximum absolute atomic E-state index is 12.8. The van der Waals surface area contributed by atoms with E-state index in [1.807, 2.05) is 49.4 Å². The molecule has 2 heterocycles. The lowest BCUT2D eigenvalue weighted by molar-refractivity contribution is 0.102. The van der Waals surface area contributed by atoms with Crippen LogP contribution in [0.4, 0.5) is 5.13 Å². The van der Waals surface area contributed by atoms with Crippen LogP contribution in [0.1, 0.15) is 21.5 Å². The predicted octanol–water partition coefficient (Wildman–Crippen LogP) is 4.83. The van der Waals surface area contributed by atoms with Crippen LogP contribution >= 0.6 is 27.3 Å². The van der Waals surface area contributed by atoms with Crippen molar-refractivity contribution in [1.82, 2.24) is 9.55 Å². The third kappa shape index (κ3) is 3.90. The van der Waals surface area contributed by atoms with Gasteiger partial charge in [0.1, 0.15) is 5.56 Å². The Balaban J connectivity index is 1.58. The molecule has 4 rings (SSSR count). The SMILES string of the molecule is Cc1ccc2nc(NC(=O)c3cccn(Cc4ccc(Br)cc4)c3=O)sc2c1. The highest BCUT2D eigenvalue weighted by molar-refractivity contribution is 9.10. The van der Waals surface area contributed by atoms with Gasteiger partial charge in [0.25, 0.3) is 11.5 Å². The molecule has 0 aliphatic rings. The van der Waals surface area contributed by atoms with Gasteiger partial charge in [-0.1, -0.05) is 45.5 Å². The molecule has 2 aromatic carbocycles. The summed E-state index contributed by atoms with van der Waals surface area (Å²) in [6.07, 6.45) is 1.68. The minimum atomic E-state index is -0.453. The molecular formula is C21H16BrN3O2S. The number of anilines is 1. The van der Waals surface area contributed by atoms with Gasteiger partial charge in [0.2, 0.25) is 0 Å². The Labute approximate surface area is 173 Å². The van der Waals surface area contributed by atoms with Crippen LogP contribution in [0.2, 0.25) is 0 Å². The van der Waals surface area contributed by atoms with Crippen molar-refractivity contribution in [2.24, 2.45) is 0 Å². The minimum Gasteiger partial charge on any atom is -0.310 e. The lowest BCUT2D eigenvalue weighted by atomic mass is 10.2. The summed E-state index contributed by atoms with van der Waals surface area (Å²) in [5.41, 5.74) is 2.69. The molecule has 2 aromatic heterocycles. The normalized spacial score (nSPS) is 10.9. The van der Waals surface area contributed by atoms with Crippen molar-refractivity contribution in [3.8, 4) is 0 Å². The van der Waals surface area contributed by atoms with Crippen LogP contribution in [0.3, 0.4) is 0 Å². The fraction of sp³-hybridized carbons (Fsp3) is 0.0952. The van der Waals surface area contributed by atoms with E-state index in [2.05, 4.69) is 26.2 Å². The Kier molecular flexibility index (Phi) is 5.11. The summed E-state index contributed by atoms with van der Waals surface area (Å²) in [6.45, 7) is 2.41. The van der Waals surface area contributed by atoms with E-state index in [1.54, 1.807) is 12.3 Å². The van der Waals surface area contributed by atoms with Gasteiger partial charge >= 0.3 is 0 Å². The van der Waals surface area contributed by atoms with Crippen LogP contribution in [0.25, 0.3) is 10.2 Å². The number of carbonyl (C=O) groups is 1. The quantitative estimate of drug-likeness (QED) is 0.481. The van der Waals surface area contributed by atoms with Gasteiger partial charge in [0, 0.05) is 10.7 Å². The van der Waals surface area contributed by atoms with E-state index in [1.165, 1.54) is 22.0 Å². The number of thiazole rings is 1. The number of pyridine rings is 1. The number of hydrogen-bond acceptors (Lipinski definition) is 4. The van der Waals surface area contributed by atoms with Crippen molar-refractivity contribution in [2.45, 2.75) is 13.5 Å². The molecule has 0 saturated heterocycles. The lowest BCUT2D eigenvalue weighted by Gasteiger charge is -2.08. The molecule has 0 unspecified atom stereocenters. The van der Waals surface area contributed by atoms with Crippen molar-refractivity contribution in [2.75, 3.05) is 5.32 Å². The number of benzene rings is 2. The first-order chi connectivity index (χ1) is 13.5. The number of aromatic nitrogens is 2. The number of carbonyl (C=O) groups excluding carboxylic acids is 1. The largest absolute Gasteiger partial charge is 0.310 e. The lowest BCUT2D eigenvalue weighted by Crippen LogP contribution is -2.29. The van der Waals surface area contributed by atoms with Crippen LogP contribution in [0, 0.1) is 6.92 Å². The van der Waals surface area contributed by atoms with Crippen molar-refractivity contribution in [3.05, 3.63) is 92.3 Å². The number of aryl methyl sites for hydroxylation is 1. The number of hydrogen-bond donors (Lipinski definition) is 1. The minimum absolute atomic E-state index is 0.0926. The summed E-state index contributed by atoms with van der Waals surface area (Å²) in [4.78, 5) is 29.8. The van der Waals surface area contributed by atoms with Gasteiger partial charge in [-0.15, -0.1) is 0 Å². The zero-order chi connectivity index (χ0) is 19.7. The monoisotopic (exact) mass is 453 g/mol. The molecular weight excluding hydrogens is 438 g/mol. The Morgan fingerprint density at radius 3 is 2.75 bits per heavy atom. The topological polar surface area (TPSA) is 64.0 Å². The first-order valence-electron chi connectivity index (χ1n) is 8.62. The van der Waals surface area contributed by atoms with Crippen molar-refractivity contribution in [3.63, 3.8) is 0 Å². The van der Waals surface area contributed by atoms with E-state index >= 15 is 0 Å². The van der Waals surface area contributed by atoms with E-state index in [4.69, 9.17) is 0 Å². The molecule has 0 radical (unpaired) electrons. The van der Waals surface area contributed by atoms with Crippen LogP contribution in [-0.2, 0) is 6.54 Å². The molecule has 140 valence electrons. The van der Waals surface area contributed by atoms with Crippen LogP contribution in [0.5, 0.6) is 0 Å². The van der Waals surface area contributed by atoms with E-state index in [0.29, 0.717) is 11.7 Å². The second-order valence-electron chi connectivity index (χ2n) is 6.43. The van der Waals surface area contributed by atoms with Gasteiger partial charge in [-0.3, -0.25) is 14.9 Å². The highest BCUT2D eigenvalue weighted by atomic mass is 79.9. The van der Waals surface area contributed by atoms with Gasteiger partial charge in [-0.05, 0) is 54.4 Å². The fourth-order valence-corrected chi connectivity index (χ4v) is 4.09. The summed E-state index contributed by atoms with van der Waals surface area (Å²) in [5, 5.41) is 3.24. The maximum Gasteiger partial charge on any atom is 0.263 e. The summed E-state index contributed by atoms with van der Waals surface area (Å²) in [7, 11) is 0. The van der Waals surface area contributed by atoms with Gasteiger partial charge < -0.3 is 4.57 Å². The van der Waals surface area contributed by atoms with Crippen molar-refractivity contribution in [1.29, 1.82) is 0 Å². The van der Waals surface area contributed by atoms with E-state index < -0.39 is 5.91 Å². The Bertz CT molecular complexity index is 1230. The summed E-state index contributed by atoms with van der Waals surface area (Å²) < 4.78 is 3.50. The zero-order valence-corrected chi connectivity index (χ0v) is 17.4. The Hall–Kier alpha value is -2.77. The highest BCUT2D eigenvalue weighted by Gasteiger charge is 2.15. The Morgan fingerprint density at radius 2 is 1.96 bits per heavy atom. The molecule has 28 heavy (non-hydrogen) atoms. The first-order valence-corrected chi connectivity index (χ1v) is 10.2. The highest BCUT2D eigenvalue weighted by Crippen LogP contribution is 2.26. The van der Waals surface area contributed by atoms with E-state index in [9.17, 15) is 9.59 Å². The number of nitrogens with one attached hydrogen (secondary N) is 1. The Morgan fingerprint density at radius 1 is 1.18 bits per heavy atom. The molecule has 0 aliphatic carbocycles. The molecule has 0 saturated carbocycles. The molecule has 1 amide bonds. The van der Waals surface area contributed by atoms with Crippen molar-refractivity contribution >= 4 is 48.5 Å². The zero-order valence-electron chi connectivity index (χ0n) is 15.0. The predicted molar refractivity (Wildman–Crippen MR) is 116 cm³/mol. The van der Waals surface area contributed by atoms with Gasteiger partial charge in [-0.2, -0.15) is 0 Å². The number of rotatable bonds is 4. The molecule has 4 aromatic rings. The molecule has 1 N–H and O–H groups in total. The van der Waals surface area contributed by atoms with Gasteiger partial charge in [-0.25, -0.2) is 4.98 Å². The number of amides is 1. The van der Waals surface area contributed by atoms with Gasteiger partial charge in [0.05, 0.1) is 16.8 Å². The molecule has 0 aliphatic heterocycles. The van der Waals surface area contributed by atoms with Crippen LogP contribution in [0.15, 0.2) is 70.1 Å². The summed E-state index contributed by atoms with van der Waals surface area (Å²) in [6, 6.07) is 16.9. The molecule has 0 atom stereocenters. The molecule has 0 fully saturated rings. The third-order valence-electron chi connectivity index (χ3n) is 4.30. The average Bonchev–Trinajstić information content (AvgIpc) is 3.06. The maximum atomic E-state index is 12.8. The number of nitrogens with zero attached hydrogens (tertiary/aromatic N) is 2. The van der Waals surface area contributed by atoms with Crippen LogP contribution < -0.4 is 10.9 Å². The molecule has 5 nitrogen and oxygen atoms in total. The standard InChI is InChI=1S/C21H16BrN3O2S/c1-13-4-9-17-18(11-13)28-21(23-17)24-19(26)16-3-2-10-25(20(16)27)12-14-5-7-15(22)8-6-14/h2-11H,12H2,1H3,(H,23,24,26). The number of halogens is 1. The molecule has 7 heteroatoms. The first kappa shape index (κ1) is 18.6. The van der Waals surface area contributed by atoms with E-state index in [-0.39, 0.29) is 11.1 Å². The number of fused-ring (bicyclic) bond motifs is 1. The molecule has 0 bridgehead atoms. The smallest absolute Gasteiger partial charge is 0.263 e. The van der Waals surface area contributed by atoms with E-state index in [0.717, 1.165) is 25.8 Å². The summed E-state index contributed by atoms with van der Waals surface area (Å²) in [5.74, 6) is -0.453. The van der Waals surface area contributed by atoms with Gasteiger partial charge in [0.15, 0.2) is 5.13 Å². The molecule has 0 spiro atoms. The third-order valence-corrected chi connectivity index (χ3v) is 5.76. The second kappa shape index (κ2) is 7.69.